The summed E-state index contributed by atoms with van der Waals surface area (Å²) in [7, 11) is 0. The molecule has 0 aromatic carbocycles. The van der Waals surface area contributed by atoms with Crippen LogP contribution in [0.25, 0.3) is 0 Å². The summed E-state index contributed by atoms with van der Waals surface area (Å²) in [4.78, 5) is 4.32. The fourth-order valence-electron chi connectivity index (χ4n) is 1.78. The van der Waals surface area contributed by atoms with Gasteiger partial charge in [-0.1, -0.05) is 0 Å². The number of nitrogens with one attached hydrogen (secondary N) is 2. The van der Waals surface area contributed by atoms with Gasteiger partial charge < -0.3 is 20.9 Å². The van der Waals surface area contributed by atoms with Crippen molar-refractivity contribution in [3.8, 4) is 0 Å². The van der Waals surface area contributed by atoms with E-state index < -0.39 is 11.1 Å². The van der Waals surface area contributed by atoms with Crippen LogP contribution in [0.4, 0.5) is 17.5 Å². The summed E-state index contributed by atoms with van der Waals surface area (Å²) >= 11 is 1.83. The topological polar surface area (TPSA) is 112 Å². The highest BCUT2D eigenvalue weighted by molar-refractivity contribution is 9.10. The number of anilines is 3. The molecule has 0 radical (unpaired) electrons. The van der Waals surface area contributed by atoms with Crippen molar-refractivity contribution in [1.82, 2.24) is 13.7 Å². The lowest BCUT2D eigenvalue weighted by Gasteiger charge is -2.08. The minimum absolute atomic E-state index is 0.209. The average molecular weight is 373 g/mol. The van der Waals surface area contributed by atoms with Gasteiger partial charge in [-0.3, -0.25) is 0 Å². The highest BCUT2D eigenvalue weighted by atomic mass is 79.9. The lowest BCUT2D eigenvalue weighted by Crippen LogP contribution is -2.09. The van der Waals surface area contributed by atoms with Crippen LogP contribution in [0.1, 0.15) is 18.4 Å². The van der Waals surface area contributed by atoms with Crippen LogP contribution in [0.5, 0.6) is 0 Å². The second kappa shape index (κ2) is 7.53. The third kappa shape index (κ3) is 4.80. The van der Waals surface area contributed by atoms with Crippen LogP contribution in [0.3, 0.4) is 0 Å². The van der Waals surface area contributed by atoms with Gasteiger partial charge in [0.2, 0.25) is 11.6 Å². The summed E-state index contributed by atoms with van der Waals surface area (Å²) in [6.07, 6.45) is 3.68. The minimum atomic E-state index is -1.56. The molecule has 1 atom stereocenters. The maximum atomic E-state index is 11.0. The van der Waals surface area contributed by atoms with E-state index in [1.807, 2.05) is 13.0 Å². The summed E-state index contributed by atoms with van der Waals surface area (Å²) in [5.41, 5.74) is 6.66. The maximum absolute atomic E-state index is 11.0. The fourth-order valence-corrected chi connectivity index (χ4v) is 2.84. The summed E-state index contributed by atoms with van der Waals surface area (Å²) in [6, 6.07) is 2.03. The number of nitrogens with two attached hydrogens (primary N) is 1. The van der Waals surface area contributed by atoms with Crippen molar-refractivity contribution < 1.29 is 4.55 Å². The van der Waals surface area contributed by atoms with Crippen molar-refractivity contribution in [2.75, 3.05) is 29.5 Å². The Morgan fingerprint density at radius 3 is 2.48 bits per heavy atom. The van der Waals surface area contributed by atoms with Crippen molar-refractivity contribution in [3.05, 3.63) is 22.3 Å². The lowest BCUT2D eigenvalue weighted by atomic mass is 10.2. The smallest absolute Gasteiger partial charge is 0.232 e. The first-order valence-corrected chi connectivity index (χ1v) is 8.37. The number of nitrogens with zero attached hydrogens (tertiary/aromatic N) is 3. The molecule has 2 rings (SSSR count). The first-order chi connectivity index (χ1) is 10.1. The summed E-state index contributed by atoms with van der Waals surface area (Å²) in [6.45, 7) is 3.56. The Morgan fingerprint density at radius 2 is 1.90 bits per heavy atom. The van der Waals surface area contributed by atoms with Crippen LogP contribution in [0.15, 0.2) is 16.7 Å². The molecule has 4 N–H and O–H groups in total. The van der Waals surface area contributed by atoms with Gasteiger partial charge in [0.15, 0.2) is 11.1 Å². The molecule has 0 spiro atoms. The number of rotatable bonds is 7. The van der Waals surface area contributed by atoms with Gasteiger partial charge >= 0.3 is 0 Å². The summed E-state index contributed by atoms with van der Waals surface area (Å²) in [5, 5.41) is 6.33. The first kappa shape index (κ1) is 15.9. The van der Waals surface area contributed by atoms with Crippen LogP contribution in [-0.4, -0.2) is 31.4 Å². The molecule has 9 heteroatoms. The van der Waals surface area contributed by atoms with Crippen molar-refractivity contribution in [3.63, 3.8) is 0 Å². The van der Waals surface area contributed by atoms with Gasteiger partial charge in [0, 0.05) is 32.5 Å². The van der Waals surface area contributed by atoms with E-state index in [0.717, 1.165) is 35.2 Å². The van der Waals surface area contributed by atoms with Crippen LogP contribution < -0.4 is 16.4 Å². The van der Waals surface area contributed by atoms with Gasteiger partial charge in [0.05, 0.1) is 0 Å². The number of hydrogen-bond acceptors (Lipinski definition) is 7. The Morgan fingerprint density at radius 1 is 1.24 bits per heavy atom. The van der Waals surface area contributed by atoms with Gasteiger partial charge in [-0.2, -0.15) is 0 Å². The van der Waals surface area contributed by atoms with Crippen molar-refractivity contribution in [2.45, 2.75) is 19.8 Å². The molecule has 0 bridgehead atoms. The number of pyridine rings is 1. The van der Waals surface area contributed by atoms with Gasteiger partial charge in [-0.15, -0.1) is 0 Å². The number of halogens is 1. The minimum Gasteiger partial charge on any atom is -0.546 e. The average Bonchev–Trinajstić information content (AvgIpc) is 2.74. The Kier molecular flexibility index (Phi) is 5.71. The van der Waals surface area contributed by atoms with E-state index in [-0.39, 0.29) is 5.82 Å². The Hall–Kier alpha value is -1.45. The number of aryl methyl sites for hydroxylation is 1. The standard InChI is InChI=1S/C12H17BrN6OS/c1-8-6-9(13)7-17-11(8)15-4-2-3-5-16-12-10(14)18-21(20)19-12/h6-7H,2-5H2,1H3,(H2,14,18)(H,15,17)(H,16,19). The second-order valence-electron chi connectivity index (χ2n) is 4.53. The fraction of sp³-hybridized carbons (Fsp3) is 0.417. The van der Waals surface area contributed by atoms with Crippen molar-refractivity contribution in [1.29, 1.82) is 0 Å². The molecule has 1 unspecified atom stereocenters. The maximum Gasteiger partial charge on any atom is 0.232 e. The van der Waals surface area contributed by atoms with E-state index in [9.17, 15) is 4.55 Å². The predicted molar refractivity (Wildman–Crippen MR) is 88.0 cm³/mol. The quantitative estimate of drug-likeness (QED) is 0.505. The third-order valence-electron chi connectivity index (χ3n) is 2.82. The molecule has 21 heavy (non-hydrogen) atoms. The van der Waals surface area contributed by atoms with Gasteiger partial charge in [-0.25, -0.2) is 4.98 Å². The molecule has 2 aromatic heterocycles. The number of aromatic nitrogens is 3. The molecule has 2 aromatic rings. The van der Waals surface area contributed by atoms with E-state index in [1.165, 1.54) is 0 Å². The molecule has 0 aliphatic rings. The van der Waals surface area contributed by atoms with Crippen molar-refractivity contribution in [2.24, 2.45) is 0 Å². The predicted octanol–water partition coefficient (Wildman–Crippen LogP) is 2.56. The zero-order valence-corrected chi connectivity index (χ0v) is 14.0. The molecule has 0 aliphatic heterocycles. The SMILES string of the molecule is Cc1cc(Br)cnc1NCCCCNc1n[s+]([O-])nc1N. The zero-order chi connectivity index (χ0) is 15.2. The van der Waals surface area contributed by atoms with Crippen LogP contribution in [-0.2, 0) is 0 Å². The third-order valence-corrected chi connectivity index (χ3v) is 3.95. The molecule has 0 fully saturated rings. The largest absolute Gasteiger partial charge is 0.546 e. The highest BCUT2D eigenvalue weighted by Crippen LogP contribution is 2.19. The summed E-state index contributed by atoms with van der Waals surface area (Å²) < 4.78 is 19.4. The molecule has 0 saturated heterocycles. The van der Waals surface area contributed by atoms with E-state index in [0.29, 0.717) is 12.4 Å². The molecule has 0 aliphatic carbocycles. The molecule has 0 saturated carbocycles. The Labute approximate surface area is 134 Å². The monoisotopic (exact) mass is 372 g/mol. The normalized spacial score (nSPS) is 11.5. The Balaban J connectivity index is 1.65. The number of unbranched alkanes of at least 4 members (excludes halogenated alkanes) is 1. The van der Waals surface area contributed by atoms with Crippen LogP contribution >= 0.6 is 27.1 Å². The van der Waals surface area contributed by atoms with E-state index >= 15 is 0 Å². The zero-order valence-electron chi connectivity index (χ0n) is 11.6. The molecule has 0 amide bonds. The molecular formula is C12H17BrN6OS. The second-order valence-corrected chi connectivity index (χ2v) is 6.27. The molecule has 114 valence electrons. The molecule has 2 heterocycles. The van der Waals surface area contributed by atoms with Gasteiger partial charge in [-0.05, 0) is 47.3 Å². The summed E-state index contributed by atoms with van der Waals surface area (Å²) in [5.74, 6) is 1.53. The van der Waals surface area contributed by atoms with E-state index in [1.54, 1.807) is 6.20 Å². The number of nitrogen functional groups attached to an aromatic ring is 1. The van der Waals surface area contributed by atoms with Gasteiger partial charge in [0.1, 0.15) is 5.82 Å². The molecule has 7 nitrogen and oxygen atoms in total. The van der Waals surface area contributed by atoms with Crippen LogP contribution in [0.2, 0.25) is 0 Å². The van der Waals surface area contributed by atoms with Gasteiger partial charge in [0.25, 0.3) is 0 Å². The van der Waals surface area contributed by atoms with E-state index in [4.69, 9.17) is 5.73 Å². The molecular weight excluding hydrogens is 356 g/mol. The first-order valence-electron chi connectivity index (χ1n) is 6.51. The Bertz CT molecular complexity index is 605. The number of hydrogen-bond donors (Lipinski definition) is 3. The highest BCUT2D eigenvalue weighted by Gasteiger charge is 2.10. The van der Waals surface area contributed by atoms with E-state index in [2.05, 4.69) is 40.3 Å². The van der Waals surface area contributed by atoms with Crippen molar-refractivity contribution >= 4 is 44.5 Å². The lowest BCUT2D eigenvalue weighted by molar-refractivity contribution is 0.585. The van der Waals surface area contributed by atoms with Crippen LogP contribution in [0, 0.1) is 6.92 Å².